The number of carbonyl (C=O) groups is 1. The molecule has 152 valence electrons. The van der Waals surface area contributed by atoms with Crippen LogP contribution in [0.2, 0.25) is 5.02 Å². The van der Waals surface area contributed by atoms with Gasteiger partial charge in [-0.3, -0.25) is 9.69 Å². The molecule has 1 fully saturated rings. The van der Waals surface area contributed by atoms with Crippen LogP contribution < -0.4 is 0 Å². The molecule has 1 saturated heterocycles. The third kappa shape index (κ3) is 4.31. The standard InChI is InChI=1S/C23H26ClN3O2/c1-2-29-22(28)23(15-17-7-3-4-8-18(17)24)11-13-27(14-12-23)16-21-25-19-9-5-6-10-20(19)26-21/h3-10H,2,11-16H2,1H3,(H,25,26). The van der Waals surface area contributed by atoms with E-state index in [9.17, 15) is 4.79 Å². The molecular formula is C23H26ClN3O2. The first-order valence-corrected chi connectivity index (χ1v) is 10.5. The van der Waals surface area contributed by atoms with Crippen molar-refractivity contribution in [3.05, 3.63) is 64.9 Å². The second-order valence-corrected chi connectivity index (χ2v) is 8.15. The summed E-state index contributed by atoms with van der Waals surface area (Å²) in [4.78, 5) is 23.3. The largest absolute Gasteiger partial charge is 0.466 e. The van der Waals surface area contributed by atoms with Crippen molar-refractivity contribution < 1.29 is 9.53 Å². The van der Waals surface area contributed by atoms with Gasteiger partial charge in [-0.15, -0.1) is 0 Å². The lowest BCUT2D eigenvalue weighted by Crippen LogP contribution is -2.46. The lowest BCUT2D eigenvalue weighted by Gasteiger charge is -2.40. The van der Waals surface area contributed by atoms with Gasteiger partial charge in [-0.2, -0.15) is 0 Å². The number of benzene rings is 2. The van der Waals surface area contributed by atoms with Crippen molar-refractivity contribution in [2.75, 3.05) is 19.7 Å². The van der Waals surface area contributed by atoms with E-state index in [1.165, 1.54) is 0 Å². The van der Waals surface area contributed by atoms with Crippen LogP contribution in [-0.4, -0.2) is 40.5 Å². The topological polar surface area (TPSA) is 58.2 Å². The Kier molecular flexibility index (Phi) is 5.88. The van der Waals surface area contributed by atoms with E-state index in [0.29, 0.717) is 18.1 Å². The van der Waals surface area contributed by atoms with Crippen LogP contribution in [0.25, 0.3) is 11.0 Å². The number of imidazole rings is 1. The van der Waals surface area contributed by atoms with Crippen LogP contribution >= 0.6 is 11.6 Å². The number of nitrogens with zero attached hydrogens (tertiary/aromatic N) is 2. The number of hydrogen-bond acceptors (Lipinski definition) is 4. The number of aromatic nitrogens is 2. The highest BCUT2D eigenvalue weighted by Gasteiger charge is 2.43. The molecule has 5 nitrogen and oxygen atoms in total. The minimum Gasteiger partial charge on any atom is -0.466 e. The lowest BCUT2D eigenvalue weighted by atomic mass is 9.73. The fourth-order valence-electron chi connectivity index (χ4n) is 4.18. The summed E-state index contributed by atoms with van der Waals surface area (Å²) in [6.07, 6.45) is 2.11. The molecule has 29 heavy (non-hydrogen) atoms. The van der Waals surface area contributed by atoms with E-state index in [1.54, 1.807) is 0 Å². The van der Waals surface area contributed by atoms with Gasteiger partial charge >= 0.3 is 5.97 Å². The molecule has 0 aliphatic carbocycles. The fraction of sp³-hybridized carbons (Fsp3) is 0.391. The SMILES string of the molecule is CCOC(=O)C1(Cc2ccccc2Cl)CCN(Cc2nc3ccccc3[nH]2)CC1. The van der Waals surface area contributed by atoms with Crippen molar-refractivity contribution in [1.82, 2.24) is 14.9 Å². The highest BCUT2D eigenvalue weighted by Crippen LogP contribution is 2.38. The predicted octanol–water partition coefficient (Wildman–Crippen LogP) is 4.60. The number of halogens is 1. The fourth-order valence-corrected chi connectivity index (χ4v) is 4.38. The maximum absolute atomic E-state index is 12.9. The van der Waals surface area contributed by atoms with E-state index in [2.05, 4.69) is 14.9 Å². The summed E-state index contributed by atoms with van der Waals surface area (Å²) >= 11 is 6.39. The third-order valence-electron chi connectivity index (χ3n) is 5.82. The highest BCUT2D eigenvalue weighted by molar-refractivity contribution is 6.31. The molecule has 2 aromatic carbocycles. The van der Waals surface area contributed by atoms with Gasteiger partial charge in [0, 0.05) is 5.02 Å². The van der Waals surface area contributed by atoms with Crippen LogP contribution in [0, 0.1) is 5.41 Å². The number of likely N-dealkylation sites (tertiary alicyclic amines) is 1. The maximum atomic E-state index is 12.9. The first-order valence-electron chi connectivity index (χ1n) is 10.2. The normalized spacial score (nSPS) is 16.8. The van der Waals surface area contributed by atoms with Crippen molar-refractivity contribution in [3.8, 4) is 0 Å². The van der Waals surface area contributed by atoms with E-state index < -0.39 is 5.41 Å². The molecule has 1 aliphatic rings. The van der Waals surface area contributed by atoms with E-state index in [-0.39, 0.29) is 5.97 Å². The van der Waals surface area contributed by atoms with Crippen LogP contribution in [-0.2, 0) is 22.5 Å². The summed E-state index contributed by atoms with van der Waals surface area (Å²) in [5.41, 5.74) is 2.52. The van der Waals surface area contributed by atoms with E-state index in [0.717, 1.165) is 54.9 Å². The Hall–Kier alpha value is -2.37. The van der Waals surface area contributed by atoms with Crippen LogP contribution in [0.15, 0.2) is 48.5 Å². The van der Waals surface area contributed by atoms with E-state index in [4.69, 9.17) is 16.3 Å². The van der Waals surface area contributed by atoms with Crippen molar-refractivity contribution in [1.29, 1.82) is 0 Å². The number of aromatic amines is 1. The lowest BCUT2D eigenvalue weighted by molar-refractivity contribution is -0.158. The first kappa shape index (κ1) is 19.9. The molecule has 2 heterocycles. The Morgan fingerprint density at radius 1 is 1.17 bits per heavy atom. The molecule has 0 unspecified atom stereocenters. The van der Waals surface area contributed by atoms with Crippen LogP contribution in [0.4, 0.5) is 0 Å². The Morgan fingerprint density at radius 3 is 2.62 bits per heavy atom. The first-order chi connectivity index (χ1) is 14.1. The average Bonchev–Trinajstić information content (AvgIpc) is 3.14. The van der Waals surface area contributed by atoms with Crippen molar-refractivity contribution in [3.63, 3.8) is 0 Å². The number of carbonyl (C=O) groups excluding carboxylic acids is 1. The number of H-pyrrole nitrogens is 1. The molecule has 1 aromatic heterocycles. The summed E-state index contributed by atoms with van der Waals surface area (Å²) in [7, 11) is 0. The second-order valence-electron chi connectivity index (χ2n) is 7.75. The summed E-state index contributed by atoms with van der Waals surface area (Å²) in [6, 6.07) is 15.8. The van der Waals surface area contributed by atoms with Crippen molar-refractivity contribution >= 4 is 28.6 Å². The second kappa shape index (κ2) is 8.56. The number of para-hydroxylation sites is 2. The molecule has 4 rings (SSSR count). The third-order valence-corrected chi connectivity index (χ3v) is 6.19. The maximum Gasteiger partial charge on any atom is 0.312 e. The van der Waals surface area contributed by atoms with Crippen LogP contribution in [0.3, 0.4) is 0 Å². The molecule has 3 aromatic rings. The van der Waals surface area contributed by atoms with Crippen molar-refractivity contribution in [2.24, 2.45) is 5.41 Å². The number of ether oxygens (including phenoxy) is 1. The quantitative estimate of drug-likeness (QED) is 0.602. The number of rotatable bonds is 6. The van der Waals surface area contributed by atoms with Gasteiger partial charge in [-0.05, 0) is 63.0 Å². The monoisotopic (exact) mass is 411 g/mol. The molecule has 0 amide bonds. The molecule has 0 radical (unpaired) electrons. The number of nitrogens with one attached hydrogen (secondary N) is 1. The Labute approximate surface area is 176 Å². The number of piperidine rings is 1. The molecule has 0 spiro atoms. The molecule has 1 N–H and O–H groups in total. The summed E-state index contributed by atoms with van der Waals surface area (Å²) < 4.78 is 5.47. The van der Waals surface area contributed by atoms with Crippen LogP contribution in [0.1, 0.15) is 31.2 Å². The molecule has 6 heteroatoms. The molecule has 1 aliphatic heterocycles. The summed E-state index contributed by atoms with van der Waals surface area (Å²) in [5.74, 6) is 0.851. The minimum atomic E-state index is -0.522. The van der Waals surface area contributed by atoms with Gasteiger partial charge in [0.05, 0.1) is 29.6 Å². The number of hydrogen-bond donors (Lipinski definition) is 1. The molecule has 0 bridgehead atoms. The smallest absolute Gasteiger partial charge is 0.312 e. The van der Waals surface area contributed by atoms with Gasteiger partial charge < -0.3 is 9.72 Å². The summed E-state index contributed by atoms with van der Waals surface area (Å²) in [6.45, 7) is 4.64. The van der Waals surface area contributed by atoms with Gasteiger partial charge in [0.2, 0.25) is 0 Å². The Balaban J connectivity index is 1.47. The molecule has 0 saturated carbocycles. The number of esters is 1. The zero-order valence-electron chi connectivity index (χ0n) is 16.7. The van der Waals surface area contributed by atoms with Crippen molar-refractivity contribution in [2.45, 2.75) is 32.7 Å². The zero-order valence-corrected chi connectivity index (χ0v) is 17.4. The Morgan fingerprint density at radius 2 is 1.90 bits per heavy atom. The van der Waals surface area contributed by atoms with E-state index in [1.807, 2.05) is 55.5 Å². The zero-order chi connectivity index (χ0) is 20.3. The minimum absolute atomic E-state index is 0.108. The van der Waals surface area contributed by atoms with E-state index >= 15 is 0 Å². The van der Waals surface area contributed by atoms with Crippen LogP contribution in [0.5, 0.6) is 0 Å². The average molecular weight is 412 g/mol. The number of fused-ring (bicyclic) bond motifs is 1. The molecule has 0 atom stereocenters. The van der Waals surface area contributed by atoms with Gasteiger partial charge in [-0.25, -0.2) is 4.98 Å². The summed E-state index contributed by atoms with van der Waals surface area (Å²) in [5, 5.41) is 0.709. The van der Waals surface area contributed by atoms with Gasteiger partial charge in [0.25, 0.3) is 0 Å². The van der Waals surface area contributed by atoms with Gasteiger partial charge in [0.15, 0.2) is 0 Å². The van der Waals surface area contributed by atoms with Gasteiger partial charge in [0.1, 0.15) is 5.82 Å². The molecular weight excluding hydrogens is 386 g/mol. The van der Waals surface area contributed by atoms with Gasteiger partial charge in [-0.1, -0.05) is 41.9 Å². The predicted molar refractivity (Wildman–Crippen MR) is 115 cm³/mol. The Bertz CT molecular complexity index is 959. The highest BCUT2D eigenvalue weighted by atomic mass is 35.5.